The molecule has 0 bridgehead atoms. The molecule has 0 saturated carbocycles. The van der Waals surface area contributed by atoms with Crippen LogP contribution < -0.4 is 9.64 Å². The van der Waals surface area contributed by atoms with E-state index in [4.69, 9.17) is 4.74 Å². The van der Waals surface area contributed by atoms with E-state index in [2.05, 4.69) is 30.6 Å². The van der Waals surface area contributed by atoms with Gasteiger partial charge in [-0.2, -0.15) is 4.98 Å². The predicted molar refractivity (Wildman–Crippen MR) is 70.7 cm³/mol. The van der Waals surface area contributed by atoms with Crippen LogP contribution in [0.5, 0.6) is 5.88 Å². The molecule has 1 aromatic heterocycles. The molecule has 0 saturated heterocycles. The molecular weight excluding hydrogens is 302 g/mol. The van der Waals surface area contributed by atoms with E-state index < -0.39 is 0 Å². The lowest BCUT2D eigenvalue weighted by molar-refractivity contribution is -0.144. The largest absolute Gasteiger partial charge is 0.480 e. The van der Waals surface area contributed by atoms with Gasteiger partial charge in [0.05, 0.1) is 30.8 Å². The summed E-state index contributed by atoms with van der Waals surface area (Å²) >= 11 is 3.28. The van der Waals surface area contributed by atoms with Gasteiger partial charge in [0.2, 0.25) is 11.8 Å². The van der Waals surface area contributed by atoms with Crippen LogP contribution in [0.25, 0.3) is 0 Å². The number of aromatic nitrogens is 2. The number of carbonyl (C=O) groups is 1. The number of halogens is 1. The number of carbonyl (C=O) groups excluding carboxylic acids is 1. The quantitative estimate of drug-likeness (QED) is 0.767. The smallest absolute Gasteiger partial charge is 0.310 e. The van der Waals surface area contributed by atoms with Gasteiger partial charge in [0, 0.05) is 13.6 Å². The normalized spacial score (nSPS) is 11.8. The van der Waals surface area contributed by atoms with Gasteiger partial charge in [0.1, 0.15) is 0 Å². The van der Waals surface area contributed by atoms with Crippen molar-refractivity contribution in [3.05, 3.63) is 10.7 Å². The van der Waals surface area contributed by atoms with Gasteiger partial charge in [0.15, 0.2) is 0 Å². The van der Waals surface area contributed by atoms with Gasteiger partial charge in [-0.25, -0.2) is 4.98 Å². The Kier molecular flexibility index (Phi) is 5.33. The lowest BCUT2D eigenvalue weighted by Gasteiger charge is -2.20. The second-order valence-electron chi connectivity index (χ2n) is 3.83. The van der Waals surface area contributed by atoms with E-state index in [1.54, 1.807) is 18.0 Å². The molecule has 7 heteroatoms. The molecule has 0 spiro atoms. The van der Waals surface area contributed by atoms with Crippen molar-refractivity contribution >= 4 is 27.8 Å². The molecule has 1 heterocycles. The zero-order valence-corrected chi connectivity index (χ0v) is 12.4. The van der Waals surface area contributed by atoms with E-state index in [1.165, 1.54) is 14.2 Å². The zero-order valence-electron chi connectivity index (χ0n) is 10.8. The maximum Gasteiger partial charge on any atom is 0.310 e. The third-order valence-electron chi connectivity index (χ3n) is 2.39. The summed E-state index contributed by atoms with van der Waals surface area (Å²) in [4.78, 5) is 21.5. The minimum atomic E-state index is -0.258. The molecule has 0 amide bonds. The first kappa shape index (κ1) is 14.7. The Balaban J connectivity index is 2.78. The Morgan fingerprint density at radius 3 is 2.78 bits per heavy atom. The molecule has 0 aliphatic carbocycles. The van der Waals surface area contributed by atoms with E-state index >= 15 is 0 Å². The Hall–Kier alpha value is -1.37. The van der Waals surface area contributed by atoms with Crippen molar-refractivity contribution in [3.63, 3.8) is 0 Å². The molecule has 6 nitrogen and oxygen atoms in total. The molecular formula is C11H16BrN3O3. The van der Waals surface area contributed by atoms with Crippen LogP contribution in [0, 0.1) is 5.92 Å². The third kappa shape index (κ3) is 3.56. The maximum absolute atomic E-state index is 11.3. The van der Waals surface area contributed by atoms with Crippen molar-refractivity contribution in [1.82, 2.24) is 9.97 Å². The fourth-order valence-electron chi connectivity index (χ4n) is 1.44. The summed E-state index contributed by atoms with van der Waals surface area (Å²) in [7, 11) is 4.72. The van der Waals surface area contributed by atoms with Crippen molar-refractivity contribution < 1.29 is 14.3 Å². The number of rotatable bonds is 5. The van der Waals surface area contributed by atoms with Crippen LogP contribution in [0.1, 0.15) is 6.92 Å². The van der Waals surface area contributed by atoms with Crippen molar-refractivity contribution in [2.75, 3.05) is 32.7 Å². The monoisotopic (exact) mass is 317 g/mol. The van der Waals surface area contributed by atoms with Gasteiger partial charge in [-0.3, -0.25) is 4.79 Å². The highest BCUT2D eigenvalue weighted by Crippen LogP contribution is 2.23. The van der Waals surface area contributed by atoms with Crippen LogP contribution >= 0.6 is 15.9 Å². The maximum atomic E-state index is 11.3. The van der Waals surface area contributed by atoms with Crippen LogP contribution in [0.3, 0.4) is 0 Å². The van der Waals surface area contributed by atoms with E-state index in [0.717, 1.165) is 0 Å². The van der Waals surface area contributed by atoms with Gasteiger partial charge >= 0.3 is 5.97 Å². The number of methoxy groups -OCH3 is 2. The first-order valence-corrected chi connectivity index (χ1v) is 6.14. The van der Waals surface area contributed by atoms with Gasteiger partial charge in [0.25, 0.3) is 0 Å². The van der Waals surface area contributed by atoms with Crippen molar-refractivity contribution in [1.29, 1.82) is 0 Å². The van der Waals surface area contributed by atoms with Crippen LogP contribution in [-0.4, -0.2) is 43.7 Å². The number of ether oxygens (including phenoxy) is 2. The molecule has 0 N–H and O–H groups in total. The minimum absolute atomic E-state index is 0.252. The highest BCUT2D eigenvalue weighted by molar-refractivity contribution is 9.10. The number of hydrogen-bond acceptors (Lipinski definition) is 6. The molecule has 1 aromatic rings. The highest BCUT2D eigenvalue weighted by atomic mass is 79.9. The fraction of sp³-hybridized carbons (Fsp3) is 0.545. The molecule has 0 fully saturated rings. The van der Waals surface area contributed by atoms with Crippen molar-refractivity contribution in [2.24, 2.45) is 5.92 Å². The highest BCUT2D eigenvalue weighted by Gasteiger charge is 2.17. The molecule has 1 unspecified atom stereocenters. The second-order valence-corrected chi connectivity index (χ2v) is 4.69. The lowest BCUT2D eigenvalue weighted by atomic mass is 10.2. The minimum Gasteiger partial charge on any atom is -0.480 e. The summed E-state index contributed by atoms with van der Waals surface area (Å²) in [6.07, 6.45) is 1.61. The molecule has 1 rings (SSSR count). The van der Waals surface area contributed by atoms with Crippen LogP contribution in [0.2, 0.25) is 0 Å². The molecule has 0 aliphatic heterocycles. The van der Waals surface area contributed by atoms with Gasteiger partial charge < -0.3 is 14.4 Å². The van der Waals surface area contributed by atoms with E-state index in [9.17, 15) is 4.79 Å². The first-order chi connectivity index (χ1) is 8.49. The Bertz CT molecular complexity index is 428. The van der Waals surface area contributed by atoms with Crippen molar-refractivity contribution in [3.8, 4) is 5.88 Å². The molecule has 18 heavy (non-hydrogen) atoms. The summed E-state index contributed by atoms with van der Waals surface area (Å²) in [6, 6.07) is 0. The SMILES string of the molecule is COC(=O)C(C)CN(C)c1ncc(Br)c(OC)n1. The number of anilines is 1. The molecule has 1 atom stereocenters. The summed E-state index contributed by atoms with van der Waals surface area (Å²) in [6.45, 7) is 2.26. The van der Waals surface area contributed by atoms with Gasteiger partial charge in [-0.05, 0) is 15.9 Å². The predicted octanol–water partition coefficient (Wildman–Crippen LogP) is 1.49. The summed E-state index contributed by atoms with van der Waals surface area (Å²) in [5.41, 5.74) is 0. The number of nitrogens with zero attached hydrogens (tertiary/aromatic N) is 3. The topological polar surface area (TPSA) is 64.5 Å². The van der Waals surface area contributed by atoms with E-state index in [0.29, 0.717) is 22.8 Å². The average Bonchev–Trinajstić information content (AvgIpc) is 2.37. The Morgan fingerprint density at radius 2 is 2.22 bits per heavy atom. The van der Waals surface area contributed by atoms with E-state index in [-0.39, 0.29) is 11.9 Å². The number of esters is 1. The van der Waals surface area contributed by atoms with Crippen molar-refractivity contribution in [2.45, 2.75) is 6.92 Å². The molecule has 100 valence electrons. The molecule has 0 radical (unpaired) electrons. The van der Waals surface area contributed by atoms with Crippen LogP contribution in [-0.2, 0) is 9.53 Å². The van der Waals surface area contributed by atoms with Crippen LogP contribution in [0.4, 0.5) is 5.95 Å². The lowest BCUT2D eigenvalue weighted by Crippen LogP contribution is -2.30. The van der Waals surface area contributed by atoms with E-state index in [1.807, 2.05) is 7.05 Å². The summed E-state index contributed by atoms with van der Waals surface area (Å²) in [5, 5.41) is 0. The number of hydrogen-bond donors (Lipinski definition) is 0. The van der Waals surface area contributed by atoms with Crippen LogP contribution in [0.15, 0.2) is 10.7 Å². The molecule has 0 aromatic carbocycles. The van der Waals surface area contributed by atoms with Gasteiger partial charge in [-0.1, -0.05) is 6.92 Å². The first-order valence-electron chi connectivity index (χ1n) is 5.35. The average molecular weight is 318 g/mol. The Labute approximate surface area is 114 Å². The zero-order chi connectivity index (χ0) is 13.7. The standard InChI is InChI=1S/C11H16BrN3O3/c1-7(10(16)18-4)6-15(2)11-13-5-8(12)9(14-11)17-3/h5,7H,6H2,1-4H3. The van der Waals surface area contributed by atoms with Gasteiger partial charge in [-0.15, -0.1) is 0 Å². The summed E-state index contributed by atoms with van der Waals surface area (Å²) in [5.74, 6) is 0.438. The fourth-order valence-corrected chi connectivity index (χ4v) is 1.79. The Morgan fingerprint density at radius 1 is 1.56 bits per heavy atom. The summed E-state index contributed by atoms with van der Waals surface area (Å²) < 4.78 is 10.5. The molecule has 0 aliphatic rings. The third-order valence-corrected chi connectivity index (χ3v) is 2.93. The second kappa shape index (κ2) is 6.53.